The van der Waals surface area contributed by atoms with E-state index >= 15 is 0 Å². The standard InChI is InChI=1S/C19H14O12/c20-3-8-12(23)14(25)19(29-8)28-7-2-5-10-9-4(17(26)31-16(10)13(7)24)1-6(21)11(22)15(9)30-18(5)27/h1-2,8,12,14,19-25H,3H2. The van der Waals surface area contributed by atoms with E-state index in [0.29, 0.717) is 0 Å². The van der Waals surface area contributed by atoms with Crippen LogP contribution in [0.15, 0.2) is 30.6 Å². The van der Waals surface area contributed by atoms with Crippen molar-refractivity contribution in [1.82, 2.24) is 0 Å². The summed E-state index contributed by atoms with van der Waals surface area (Å²) in [5.41, 5.74) is -2.97. The average molecular weight is 434 g/mol. The fourth-order valence-electron chi connectivity index (χ4n) is 3.75. The minimum atomic E-state index is -1.59. The van der Waals surface area contributed by atoms with Crippen LogP contribution in [-0.2, 0) is 4.74 Å². The number of benzene rings is 2. The molecule has 6 N–H and O–H groups in total. The van der Waals surface area contributed by atoms with Gasteiger partial charge in [-0.3, -0.25) is 0 Å². The van der Waals surface area contributed by atoms with Gasteiger partial charge in [0.15, 0.2) is 22.7 Å². The molecule has 0 amide bonds. The lowest BCUT2D eigenvalue weighted by atomic mass is 10.0. The van der Waals surface area contributed by atoms with Crippen LogP contribution in [0.1, 0.15) is 0 Å². The van der Waals surface area contributed by atoms with Crippen molar-refractivity contribution in [2.24, 2.45) is 0 Å². The van der Waals surface area contributed by atoms with Crippen molar-refractivity contribution in [1.29, 1.82) is 0 Å². The van der Waals surface area contributed by atoms with Gasteiger partial charge in [-0.25, -0.2) is 9.59 Å². The van der Waals surface area contributed by atoms with Gasteiger partial charge in [-0.2, -0.15) is 0 Å². The molecular formula is C19H14O12. The summed E-state index contributed by atoms with van der Waals surface area (Å²) in [7, 11) is 0. The van der Waals surface area contributed by atoms with Crippen LogP contribution in [0.5, 0.6) is 23.0 Å². The normalized spacial score (nSPS) is 24.0. The van der Waals surface area contributed by atoms with Crippen LogP contribution < -0.4 is 16.0 Å². The largest absolute Gasteiger partial charge is 0.504 e. The topological polar surface area (TPSA) is 200 Å². The van der Waals surface area contributed by atoms with E-state index < -0.39 is 76.6 Å². The van der Waals surface area contributed by atoms with Crippen LogP contribution in [0.25, 0.3) is 32.7 Å². The predicted octanol–water partition coefficient (Wildman–Crippen LogP) is -0.575. The van der Waals surface area contributed by atoms with Crippen LogP contribution >= 0.6 is 0 Å². The van der Waals surface area contributed by atoms with Crippen molar-refractivity contribution in [3.05, 3.63) is 33.0 Å². The van der Waals surface area contributed by atoms with E-state index in [1.807, 2.05) is 0 Å². The molecule has 1 saturated heterocycles. The first kappa shape index (κ1) is 19.4. The molecule has 0 saturated carbocycles. The Kier molecular flexibility index (Phi) is 4.04. The van der Waals surface area contributed by atoms with E-state index in [1.54, 1.807) is 0 Å². The van der Waals surface area contributed by atoms with Gasteiger partial charge >= 0.3 is 11.3 Å². The number of rotatable bonds is 3. The van der Waals surface area contributed by atoms with Gasteiger partial charge in [0.1, 0.15) is 18.3 Å². The molecule has 4 aromatic rings. The highest BCUT2D eigenvalue weighted by molar-refractivity contribution is 6.22. The highest BCUT2D eigenvalue weighted by Gasteiger charge is 2.44. The first-order valence-electron chi connectivity index (χ1n) is 8.95. The minimum Gasteiger partial charge on any atom is -0.504 e. The molecule has 162 valence electrons. The zero-order valence-corrected chi connectivity index (χ0v) is 15.3. The lowest BCUT2D eigenvalue weighted by molar-refractivity contribution is -0.117. The number of aromatic hydroxyl groups is 3. The van der Waals surface area contributed by atoms with E-state index in [2.05, 4.69) is 0 Å². The third-order valence-corrected chi connectivity index (χ3v) is 5.28. The minimum absolute atomic E-state index is 0.0640. The fraction of sp³-hybridized carbons (Fsp3) is 0.263. The van der Waals surface area contributed by atoms with Crippen LogP contribution in [0.2, 0.25) is 0 Å². The number of phenolic OH excluding ortho intramolecular Hbond substituents is 3. The molecule has 0 spiro atoms. The predicted molar refractivity (Wildman–Crippen MR) is 101 cm³/mol. The summed E-state index contributed by atoms with van der Waals surface area (Å²) >= 11 is 0. The fourth-order valence-corrected chi connectivity index (χ4v) is 3.75. The van der Waals surface area contributed by atoms with Crippen molar-refractivity contribution in [3.63, 3.8) is 0 Å². The molecule has 1 aliphatic heterocycles. The van der Waals surface area contributed by atoms with Gasteiger partial charge < -0.3 is 48.9 Å². The number of hydrogen-bond acceptors (Lipinski definition) is 12. The molecule has 1 fully saturated rings. The van der Waals surface area contributed by atoms with Gasteiger partial charge in [0.25, 0.3) is 0 Å². The van der Waals surface area contributed by atoms with E-state index in [0.717, 1.165) is 12.1 Å². The Hall–Kier alpha value is -3.58. The second-order valence-corrected chi connectivity index (χ2v) is 7.07. The molecule has 0 radical (unpaired) electrons. The van der Waals surface area contributed by atoms with Gasteiger partial charge in [0.05, 0.1) is 17.4 Å². The maximum Gasteiger partial charge on any atom is 0.344 e. The third kappa shape index (κ3) is 2.56. The van der Waals surface area contributed by atoms with Crippen molar-refractivity contribution in [2.45, 2.75) is 24.6 Å². The zero-order valence-electron chi connectivity index (χ0n) is 15.3. The third-order valence-electron chi connectivity index (χ3n) is 5.28. The van der Waals surface area contributed by atoms with Gasteiger partial charge in [-0.1, -0.05) is 0 Å². The molecule has 5 rings (SSSR count). The van der Waals surface area contributed by atoms with Gasteiger partial charge in [-0.15, -0.1) is 0 Å². The SMILES string of the molecule is O=c1oc2c(O)c(OC3OC(CO)C(O)C3O)cc3c(=O)oc4c(O)c(O)cc1c4c23. The van der Waals surface area contributed by atoms with Crippen molar-refractivity contribution in [2.75, 3.05) is 6.61 Å². The molecule has 12 heteroatoms. The Morgan fingerprint density at radius 1 is 0.871 bits per heavy atom. The monoisotopic (exact) mass is 434 g/mol. The molecule has 1 aliphatic rings. The molecular weight excluding hydrogens is 420 g/mol. The quantitative estimate of drug-likeness (QED) is 0.136. The molecule has 0 aliphatic carbocycles. The van der Waals surface area contributed by atoms with Crippen molar-refractivity contribution < 1.29 is 48.9 Å². The second-order valence-electron chi connectivity index (χ2n) is 7.07. The molecule has 2 aromatic heterocycles. The summed E-state index contributed by atoms with van der Waals surface area (Å²) in [6, 6.07) is 1.98. The van der Waals surface area contributed by atoms with Crippen molar-refractivity contribution in [3.8, 4) is 23.0 Å². The van der Waals surface area contributed by atoms with Crippen LogP contribution in [0.4, 0.5) is 0 Å². The molecule has 12 nitrogen and oxygen atoms in total. The molecule has 31 heavy (non-hydrogen) atoms. The number of phenols is 3. The van der Waals surface area contributed by atoms with Gasteiger partial charge in [0.2, 0.25) is 17.8 Å². The smallest absolute Gasteiger partial charge is 0.344 e. The maximum absolute atomic E-state index is 12.6. The molecule has 3 heterocycles. The highest BCUT2D eigenvalue weighted by Crippen LogP contribution is 2.45. The lowest BCUT2D eigenvalue weighted by Gasteiger charge is -2.19. The lowest BCUT2D eigenvalue weighted by Crippen LogP contribution is -2.35. The van der Waals surface area contributed by atoms with Crippen LogP contribution in [0, 0.1) is 0 Å². The Morgan fingerprint density at radius 3 is 2.03 bits per heavy atom. The molecule has 2 aromatic carbocycles. The van der Waals surface area contributed by atoms with E-state index in [-0.39, 0.29) is 21.5 Å². The molecule has 4 atom stereocenters. The zero-order chi connectivity index (χ0) is 22.2. The molecule has 0 bridgehead atoms. The Bertz CT molecular complexity index is 1450. The molecule has 4 unspecified atom stereocenters. The summed E-state index contributed by atoms with van der Waals surface area (Å²) in [6.07, 6.45) is -5.73. The second kappa shape index (κ2) is 6.46. The Morgan fingerprint density at radius 2 is 1.45 bits per heavy atom. The summed E-state index contributed by atoms with van der Waals surface area (Å²) < 4.78 is 20.8. The summed E-state index contributed by atoms with van der Waals surface area (Å²) in [5.74, 6) is -2.66. The van der Waals surface area contributed by atoms with Gasteiger partial charge in [0, 0.05) is 10.8 Å². The number of hydrogen-bond donors (Lipinski definition) is 6. The summed E-state index contributed by atoms with van der Waals surface area (Å²) in [5, 5.41) is 59.1. The number of aliphatic hydroxyl groups is 3. The Balaban J connectivity index is 1.78. The van der Waals surface area contributed by atoms with E-state index in [1.165, 1.54) is 0 Å². The summed E-state index contributed by atoms with van der Waals surface area (Å²) in [4.78, 5) is 25.0. The average Bonchev–Trinajstić information content (AvgIpc) is 3.01. The van der Waals surface area contributed by atoms with Crippen LogP contribution in [0.3, 0.4) is 0 Å². The number of aliphatic hydroxyl groups excluding tert-OH is 3. The Labute approximate surface area is 169 Å². The van der Waals surface area contributed by atoms with Crippen molar-refractivity contribution >= 4 is 32.7 Å². The van der Waals surface area contributed by atoms with E-state index in [4.69, 9.17) is 18.3 Å². The summed E-state index contributed by atoms with van der Waals surface area (Å²) in [6.45, 7) is -0.612. The highest BCUT2D eigenvalue weighted by atomic mass is 16.7. The van der Waals surface area contributed by atoms with E-state index in [9.17, 15) is 40.2 Å². The maximum atomic E-state index is 12.6. The van der Waals surface area contributed by atoms with Crippen LogP contribution in [-0.4, -0.2) is 61.8 Å². The number of ether oxygens (including phenoxy) is 2. The van der Waals surface area contributed by atoms with Gasteiger partial charge in [-0.05, 0) is 12.1 Å². The first-order chi connectivity index (χ1) is 14.7. The first-order valence-corrected chi connectivity index (χ1v) is 8.95.